The highest BCUT2D eigenvalue weighted by Crippen LogP contribution is 2.26. The van der Waals surface area contributed by atoms with E-state index < -0.39 is 67.4 Å². The Morgan fingerprint density at radius 1 is 0.453 bits per heavy atom. The van der Waals surface area contributed by atoms with Gasteiger partial charge >= 0.3 is 5.97 Å². The molecule has 0 aromatic heterocycles. The summed E-state index contributed by atoms with van der Waals surface area (Å²) < 4.78 is 17.7. The average Bonchev–Trinajstić information content (AvgIpc) is 3.59. The van der Waals surface area contributed by atoms with Crippen LogP contribution in [0, 0.1) is 0 Å². The highest BCUT2D eigenvalue weighted by atomic mass is 16.7. The molecule has 86 heavy (non-hydrogen) atoms. The van der Waals surface area contributed by atoms with Crippen LogP contribution in [-0.4, -0.2) is 99.6 Å². The van der Waals surface area contributed by atoms with Gasteiger partial charge in [-0.3, -0.25) is 9.59 Å². The number of carbonyl (C=O) groups excluding carboxylic acids is 2. The molecule has 0 radical (unpaired) electrons. The molecule has 1 aliphatic heterocycles. The monoisotopic (exact) mass is 1210 g/mol. The molecule has 1 fully saturated rings. The van der Waals surface area contributed by atoms with Crippen LogP contribution < -0.4 is 5.32 Å². The molecule has 8 atom stereocenters. The minimum Gasteiger partial charge on any atom is -0.454 e. The predicted molar refractivity (Wildman–Crippen MR) is 361 cm³/mol. The van der Waals surface area contributed by atoms with Crippen molar-refractivity contribution in [1.82, 2.24) is 5.32 Å². The zero-order valence-electron chi connectivity index (χ0n) is 55.9. The zero-order valence-corrected chi connectivity index (χ0v) is 55.9. The Labute approximate surface area is 528 Å². The molecule has 11 nitrogen and oxygen atoms in total. The third-order valence-corrected chi connectivity index (χ3v) is 17.2. The summed E-state index contributed by atoms with van der Waals surface area (Å²) in [6.45, 7) is 5.80. The number of aliphatic hydroxyl groups excluding tert-OH is 5. The van der Waals surface area contributed by atoms with Gasteiger partial charge in [0.05, 0.1) is 25.4 Å². The van der Waals surface area contributed by atoms with Crippen molar-refractivity contribution in [2.45, 2.75) is 391 Å². The van der Waals surface area contributed by atoms with Crippen molar-refractivity contribution >= 4 is 11.9 Å². The molecule has 502 valence electrons. The van der Waals surface area contributed by atoms with E-state index in [0.717, 1.165) is 96.3 Å². The van der Waals surface area contributed by atoms with Crippen molar-refractivity contribution < 1.29 is 49.3 Å². The van der Waals surface area contributed by atoms with Crippen molar-refractivity contribution in [1.29, 1.82) is 0 Å². The van der Waals surface area contributed by atoms with E-state index >= 15 is 0 Å². The van der Waals surface area contributed by atoms with Crippen LogP contribution in [-0.2, 0) is 23.8 Å². The second kappa shape index (κ2) is 62.5. The molecule has 1 aliphatic rings. The molecule has 0 aromatic carbocycles. The Kier molecular flexibility index (Phi) is 59.2. The van der Waals surface area contributed by atoms with E-state index in [1.807, 2.05) is 6.08 Å². The Balaban J connectivity index is 2.57. The number of rotatable bonds is 63. The van der Waals surface area contributed by atoms with E-state index in [1.54, 1.807) is 6.08 Å². The summed E-state index contributed by atoms with van der Waals surface area (Å²) in [6.07, 6.45) is 69.7. The summed E-state index contributed by atoms with van der Waals surface area (Å²) in [4.78, 5) is 26.7. The molecule has 0 saturated carbocycles. The van der Waals surface area contributed by atoms with E-state index in [2.05, 4.69) is 74.7 Å². The van der Waals surface area contributed by atoms with Crippen molar-refractivity contribution in [2.24, 2.45) is 0 Å². The van der Waals surface area contributed by atoms with Crippen LogP contribution in [0.5, 0.6) is 0 Å². The molecule has 0 spiro atoms. The van der Waals surface area contributed by atoms with E-state index in [-0.39, 0.29) is 19.4 Å². The zero-order chi connectivity index (χ0) is 62.4. The molecule has 0 aromatic rings. The van der Waals surface area contributed by atoms with Crippen LogP contribution in [0.15, 0.2) is 60.8 Å². The highest BCUT2D eigenvalue weighted by Gasteiger charge is 2.47. The molecule has 1 saturated heterocycles. The van der Waals surface area contributed by atoms with E-state index in [0.29, 0.717) is 12.8 Å². The lowest BCUT2D eigenvalue weighted by molar-refractivity contribution is -0.305. The largest absolute Gasteiger partial charge is 0.454 e. The fourth-order valence-corrected chi connectivity index (χ4v) is 11.4. The topological polar surface area (TPSA) is 175 Å². The predicted octanol–water partition coefficient (Wildman–Crippen LogP) is 18.9. The number of amides is 1. The number of aliphatic hydroxyl groups is 5. The third kappa shape index (κ3) is 49.2. The number of unbranched alkanes of at least 4 members (excludes halogenated alkanes) is 41. The molecular weight excluding hydrogens is 1070 g/mol. The maximum absolute atomic E-state index is 13.5. The van der Waals surface area contributed by atoms with E-state index in [9.17, 15) is 35.1 Å². The van der Waals surface area contributed by atoms with Gasteiger partial charge in [0.2, 0.25) is 5.91 Å². The lowest BCUT2D eigenvalue weighted by atomic mass is 9.99. The number of carbonyl (C=O) groups is 2. The summed E-state index contributed by atoms with van der Waals surface area (Å²) in [5.74, 6) is -1.19. The summed E-state index contributed by atoms with van der Waals surface area (Å²) >= 11 is 0. The molecule has 1 rings (SSSR count). The number of allylic oxidation sites excluding steroid dienone is 9. The van der Waals surface area contributed by atoms with Crippen molar-refractivity contribution in [3.8, 4) is 0 Å². The lowest BCUT2D eigenvalue weighted by Gasteiger charge is -2.41. The second-order valence-electron chi connectivity index (χ2n) is 25.3. The van der Waals surface area contributed by atoms with Crippen LogP contribution in [0.2, 0.25) is 0 Å². The first kappa shape index (κ1) is 81.4. The van der Waals surface area contributed by atoms with Gasteiger partial charge in [-0.15, -0.1) is 0 Å². The Morgan fingerprint density at radius 3 is 1.22 bits per heavy atom. The smallest absolute Gasteiger partial charge is 0.306 e. The SMILES string of the molecule is CCCCC/C=C\C/C=C\C/C=C\C/C=C\CCCCCCCCC(O)C(=O)NC(COC1OC(CO)C(O)C(O)C1OC(=O)CCCCCCCCCCCCCCCCCCCCCCCCC)C(O)/C=C/CCCCCCCCCCCC. The average molecular weight is 1210 g/mol. The molecule has 0 aliphatic carbocycles. The fourth-order valence-electron chi connectivity index (χ4n) is 11.4. The number of ether oxygens (including phenoxy) is 3. The Morgan fingerprint density at radius 2 is 0.802 bits per heavy atom. The normalized spacial score (nSPS) is 18.6. The molecular formula is C75H137NO10. The number of hydrogen-bond acceptors (Lipinski definition) is 10. The second-order valence-corrected chi connectivity index (χ2v) is 25.3. The first-order chi connectivity index (χ1) is 42.2. The highest BCUT2D eigenvalue weighted by molar-refractivity contribution is 5.80. The number of esters is 1. The maximum atomic E-state index is 13.5. The molecule has 8 unspecified atom stereocenters. The minimum atomic E-state index is -1.62. The van der Waals surface area contributed by atoms with Gasteiger partial charge in [-0.25, -0.2) is 0 Å². The quantitative estimate of drug-likeness (QED) is 0.0195. The molecule has 1 heterocycles. The van der Waals surface area contributed by atoms with Crippen LogP contribution >= 0.6 is 0 Å². The standard InChI is InChI=1S/C75H137NO10/c1-4-7-10-13-16-19-22-25-27-29-31-33-35-37-39-41-43-45-48-51-54-57-60-63-70(80)86-73-72(82)71(81)69(64-77)85-75(73)84-65-66(67(78)61-58-55-52-49-46-24-21-18-15-12-9-6-3)76-74(83)68(79)62-59-56-53-50-47-44-42-40-38-36-34-32-30-28-26-23-20-17-14-11-8-5-2/h17,20,26,28,32,34,38,40,58,61,66-69,71-73,75,77-79,81-82H,4-16,18-19,21-25,27,29-31,33,35-37,39,41-57,59-60,62-65H2,1-3H3,(H,76,83)/b20-17-,28-26-,34-32-,40-38-,61-58+. The van der Waals surface area contributed by atoms with Gasteiger partial charge in [-0.1, -0.05) is 326 Å². The first-order valence-electron chi connectivity index (χ1n) is 36.6. The van der Waals surface area contributed by atoms with Gasteiger partial charge in [0, 0.05) is 6.42 Å². The molecule has 1 amide bonds. The van der Waals surface area contributed by atoms with Gasteiger partial charge in [0.1, 0.15) is 24.4 Å². The van der Waals surface area contributed by atoms with Gasteiger partial charge in [-0.2, -0.15) is 0 Å². The number of hydrogen-bond donors (Lipinski definition) is 6. The van der Waals surface area contributed by atoms with Crippen LogP contribution in [0.4, 0.5) is 0 Å². The molecule has 6 N–H and O–H groups in total. The van der Waals surface area contributed by atoms with Crippen molar-refractivity contribution in [3.63, 3.8) is 0 Å². The number of nitrogens with one attached hydrogen (secondary N) is 1. The maximum Gasteiger partial charge on any atom is 0.306 e. The van der Waals surface area contributed by atoms with Crippen LogP contribution in [0.25, 0.3) is 0 Å². The Hall–Kier alpha value is -2.64. The molecule has 11 heteroatoms. The Bertz CT molecular complexity index is 1630. The van der Waals surface area contributed by atoms with Crippen molar-refractivity contribution in [2.75, 3.05) is 13.2 Å². The third-order valence-electron chi connectivity index (χ3n) is 17.2. The van der Waals surface area contributed by atoms with Gasteiger partial charge in [0.25, 0.3) is 0 Å². The van der Waals surface area contributed by atoms with Gasteiger partial charge < -0.3 is 45.1 Å². The lowest BCUT2D eigenvalue weighted by Crippen LogP contribution is -2.61. The van der Waals surface area contributed by atoms with E-state index in [4.69, 9.17) is 14.2 Å². The fraction of sp³-hybridized carbons (Fsp3) is 0.840. The summed E-state index contributed by atoms with van der Waals surface area (Å²) in [5, 5.41) is 57.3. The summed E-state index contributed by atoms with van der Waals surface area (Å²) in [6, 6.07) is -1.03. The van der Waals surface area contributed by atoms with E-state index in [1.165, 1.54) is 199 Å². The van der Waals surface area contributed by atoms with Gasteiger partial charge in [0.15, 0.2) is 12.4 Å². The van der Waals surface area contributed by atoms with Gasteiger partial charge in [-0.05, 0) is 70.6 Å². The van der Waals surface area contributed by atoms with Crippen LogP contribution in [0.1, 0.15) is 342 Å². The van der Waals surface area contributed by atoms with Crippen LogP contribution in [0.3, 0.4) is 0 Å². The minimum absolute atomic E-state index is 0.126. The summed E-state index contributed by atoms with van der Waals surface area (Å²) in [5.41, 5.74) is 0. The molecule has 0 bridgehead atoms. The summed E-state index contributed by atoms with van der Waals surface area (Å²) in [7, 11) is 0. The first-order valence-corrected chi connectivity index (χ1v) is 36.6. The van der Waals surface area contributed by atoms with Crippen molar-refractivity contribution in [3.05, 3.63) is 60.8 Å².